The average molecular weight is 288 g/mol. The molecule has 2 aromatic rings. The van der Waals surface area contributed by atoms with E-state index in [-0.39, 0.29) is 11.6 Å². The van der Waals surface area contributed by atoms with E-state index in [2.05, 4.69) is 25.9 Å². The first kappa shape index (κ1) is 10.2. The third-order valence-corrected chi connectivity index (χ3v) is 3.45. The summed E-state index contributed by atoms with van der Waals surface area (Å²) in [6.07, 6.45) is 0. The lowest BCUT2D eigenvalue weighted by Gasteiger charge is -1.93. The van der Waals surface area contributed by atoms with Crippen LogP contribution in [0.3, 0.4) is 0 Å². The average Bonchev–Trinajstić information content (AvgIpc) is 2.71. The zero-order valence-electron chi connectivity index (χ0n) is 7.32. The summed E-state index contributed by atoms with van der Waals surface area (Å²) in [4.78, 5) is 18.1. The molecule has 0 aliphatic carbocycles. The number of aromatic carboxylic acids is 1. The summed E-state index contributed by atoms with van der Waals surface area (Å²) in [5.41, 5.74) is 5.81. The fourth-order valence-corrected chi connectivity index (χ4v) is 2.60. The number of nitrogens with one attached hydrogen (secondary N) is 1. The van der Waals surface area contributed by atoms with Gasteiger partial charge in [0.15, 0.2) is 11.6 Å². The van der Waals surface area contributed by atoms with Gasteiger partial charge in [0.05, 0.1) is 10.6 Å². The van der Waals surface area contributed by atoms with Crippen molar-refractivity contribution >= 4 is 39.2 Å². The number of carbonyl (C=O) groups is 1. The van der Waals surface area contributed by atoms with Gasteiger partial charge < -0.3 is 15.8 Å². The summed E-state index contributed by atoms with van der Waals surface area (Å²) in [7, 11) is 0. The molecule has 0 saturated carbocycles. The number of hydrogen-bond acceptors (Lipinski definition) is 4. The van der Waals surface area contributed by atoms with E-state index in [9.17, 15) is 4.79 Å². The van der Waals surface area contributed by atoms with Gasteiger partial charge in [-0.3, -0.25) is 0 Å². The fraction of sp³-hybridized carbons (Fsp3) is 0. The minimum atomic E-state index is -1.09. The van der Waals surface area contributed by atoms with Crippen molar-refractivity contribution in [3.05, 3.63) is 21.6 Å². The Bertz CT molecular complexity index is 520. The molecule has 0 atom stereocenters. The Morgan fingerprint density at radius 3 is 2.93 bits per heavy atom. The van der Waals surface area contributed by atoms with Gasteiger partial charge in [0.25, 0.3) is 0 Å². The standard InChI is InChI=1S/C8H6BrN3O2S/c9-3-1-4(15-2-3)5-6(7(13)14)12-8(10)11-5/h1-2H,(H,13,14)(H3,10,11,12). The minimum Gasteiger partial charge on any atom is -0.476 e. The summed E-state index contributed by atoms with van der Waals surface area (Å²) in [5.74, 6) is -0.991. The zero-order valence-corrected chi connectivity index (χ0v) is 9.72. The smallest absolute Gasteiger partial charge is 0.356 e. The summed E-state index contributed by atoms with van der Waals surface area (Å²) in [5, 5.41) is 10.8. The summed E-state index contributed by atoms with van der Waals surface area (Å²) >= 11 is 4.71. The molecule has 2 aromatic heterocycles. The fourth-order valence-electron chi connectivity index (χ4n) is 1.17. The number of H-pyrrole nitrogens is 1. The van der Waals surface area contributed by atoms with Crippen LogP contribution in [0, 0.1) is 0 Å². The van der Waals surface area contributed by atoms with Gasteiger partial charge in [0.1, 0.15) is 0 Å². The van der Waals surface area contributed by atoms with Gasteiger partial charge in [-0.1, -0.05) is 0 Å². The molecule has 0 spiro atoms. The Balaban J connectivity index is 2.56. The van der Waals surface area contributed by atoms with Crippen LogP contribution in [0.25, 0.3) is 10.6 Å². The van der Waals surface area contributed by atoms with Gasteiger partial charge in [-0.2, -0.15) is 0 Å². The number of imidazole rings is 1. The lowest BCUT2D eigenvalue weighted by atomic mass is 10.3. The van der Waals surface area contributed by atoms with Gasteiger partial charge in [0.2, 0.25) is 0 Å². The molecule has 0 bridgehead atoms. The number of rotatable bonds is 2. The molecule has 2 heterocycles. The van der Waals surface area contributed by atoms with Gasteiger partial charge in [-0.15, -0.1) is 11.3 Å². The van der Waals surface area contributed by atoms with Gasteiger partial charge in [-0.05, 0) is 22.0 Å². The summed E-state index contributed by atoms with van der Waals surface area (Å²) < 4.78 is 0.895. The van der Waals surface area contributed by atoms with Gasteiger partial charge in [0, 0.05) is 9.85 Å². The lowest BCUT2D eigenvalue weighted by molar-refractivity contribution is 0.0692. The molecule has 0 unspecified atom stereocenters. The molecule has 0 fully saturated rings. The molecule has 0 aromatic carbocycles. The number of thiophene rings is 1. The quantitative estimate of drug-likeness (QED) is 0.789. The van der Waals surface area contributed by atoms with Crippen molar-refractivity contribution in [1.29, 1.82) is 0 Å². The molecule has 0 amide bonds. The highest BCUT2D eigenvalue weighted by atomic mass is 79.9. The second kappa shape index (κ2) is 3.67. The Hall–Kier alpha value is -1.34. The van der Waals surface area contributed by atoms with Crippen molar-refractivity contribution < 1.29 is 9.90 Å². The highest BCUT2D eigenvalue weighted by Gasteiger charge is 2.18. The number of carboxylic acids is 1. The first-order chi connectivity index (χ1) is 7.08. The van der Waals surface area contributed by atoms with Crippen molar-refractivity contribution in [2.45, 2.75) is 0 Å². The van der Waals surface area contributed by atoms with Crippen LogP contribution in [0.1, 0.15) is 10.5 Å². The number of anilines is 1. The van der Waals surface area contributed by atoms with E-state index in [4.69, 9.17) is 10.8 Å². The van der Waals surface area contributed by atoms with Crippen LogP contribution in [-0.2, 0) is 0 Å². The molecule has 15 heavy (non-hydrogen) atoms. The molecule has 0 saturated heterocycles. The Labute approximate surface area is 97.1 Å². The monoisotopic (exact) mass is 287 g/mol. The number of carboxylic acid groups (broad SMARTS) is 1. The Morgan fingerprint density at radius 2 is 2.40 bits per heavy atom. The number of halogens is 1. The molecule has 0 aliphatic rings. The largest absolute Gasteiger partial charge is 0.476 e. The SMILES string of the molecule is Nc1nc(C(=O)O)c(-c2cc(Br)cs2)[nH]1. The molecule has 5 nitrogen and oxygen atoms in total. The molecule has 0 radical (unpaired) electrons. The van der Waals surface area contributed by atoms with Crippen molar-refractivity contribution in [1.82, 2.24) is 9.97 Å². The number of nitrogens with zero attached hydrogens (tertiary/aromatic N) is 1. The van der Waals surface area contributed by atoms with Crippen LogP contribution in [-0.4, -0.2) is 21.0 Å². The summed E-state index contributed by atoms with van der Waals surface area (Å²) in [6, 6.07) is 1.81. The predicted octanol–water partition coefficient (Wildman–Crippen LogP) is 2.18. The number of aromatic amines is 1. The van der Waals surface area contributed by atoms with Crippen LogP contribution in [0.15, 0.2) is 15.9 Å². The van der Waals surface area contributed by atoms with Crippen LogP contribution in [0.2, 0.25) is 0 Å². The zero-order chi connectivity index (χ0) is 11.0. The summed E-state index contributed by atoms with van der Waals surface area (Å²) in [6.45, 7) is 0. The number of nitrogen functional groups attached to an aromatic ring is 1. The molecular weight excluding hydrogens is 282 g/mol. The first-order valence-electron chi connectivity index (χ1n) is 3.91. The van der Waals surface area contributed by atoms with E-state index in [0.29, 0.717) is 5.69 Å². The van der Waals surface area contributed by atoms with E-state index in [1.165, 1.54) is 11.3 Å². The normalized spacial score (nSPS) is 10.5. The maximum atomic E-state index is 10.9. The van der Waals surface area contributed by atoms with Gasteiger partial charge >= 0.3 is 5.97 Å². The third-order valence-electron chi connectivity index (χ3n) is 1.74. The second-order valence-corrected chi connectivity index (χ2v) is 4.61. The first-order valence-corrected chi connectivity index (χ1v) is 5.58. The van der Waals surface area contributed by atoms with Crippen molar-refractivity contribution in [3.63, 3.8) is 0 Å². The van der Waals surface area contributed by atoms with Gasteiger partial charge in [-0.25, -0.2) is 9.78 Å². The van der Waals surface area contributed by atoms with Crippen LogP contribution in [0.5, 0.6) is 0 Å². The van der Waals surface area contributed by atoms with E-state index < -0.39 is 5.97 Å². The Kier molecular flexibility index (Phi) is 2.49. The third kappa shape index (κ3) is 1.88. The van der Waals surface area contributed by atoms with E-state index in [0.717, 1.165) is 9.35 Å². The van der Waals surface area contributed by atoms with Crippen LogP contribution < -0.4 is 5.73 Å². The molecule has 2 rings (SSSR count). The molecular formula is C8H6BrN3O2S. The van der Waals surface area contributed by atoms with Crippen LogP contribution >= 0.6 is 27.3 Å². The highest BCUT2D eigenvalue weighted by Crippen LogP contribution is 2.31. The number of aromatic nitrogens is 2. The number of nitrogens with two attached hydrogens (primary N) is 1. The lowest BCUT2D eigenvalue weighted by Crippen LogP contribution is -1.98. The molecule has 0 aliphatic heterocycles. The molecule has 4 N–H and O–H groups in total. The topological polar surface area (TPSA) is 92.0 Å². The molecule has 78 valence electrons. The highest BCUT2D eigenvalue weighted by molar-refractivity contribution is 9.10. The maximum absolute atomic E-state index is 10.9. The van der Waals surface area contributed by atoms with E-state index >= 15 is 0 Å². The van der Waals surface area contributed by atoms with E-state index in [1.54, 1.807) is 0 Å². The maximum Gasteiger partial charge on any atom is 0.356 e. The minimum absolute atomic E-state index is 0.0538. The second-order valence-electron chi connectivity index (χ2n) is 2.78. The predicted molar refractivity (Wildman–Crippen MR) is 61.0 cm³/mol. The Morgan fingerprint density at radius 1 is 1.67 bits per heavy atom. The number of hydrogen-bond donors (Lipinski definition) is 3. The van der Waals surface area contributed by atoms with Crippen molar-refractivity contribution in [3.8, 4) is 10.6 Å². The van der Waals surface area contributed by atoms with E-state index in [1.807, 2.05) is 11.4 Å². The van der Waals surface area contributed by atoms with Crippen molar-refractivity contribution in [2.75, 3.05) is 5.73 Å². The van der Waals surface area contributed by atoms with Crippen molar-refractivity contribution in [2.24, 2.45) is 0 Å². The molecule has 7 heteroatoms. The van der Waals surface area contributed by atoms with Crippen LogP contribution in [0.4, 0.5) is 5.95 Å².